The van der Waals surface area contributed by atoms with Crippen LogP contribution in [0.3, 0.4) is 0 Å². The van der Waals surface area contributed by atoms with Gasteiger partial charge in [0.2, 0.25) is 0 Å². The van der Waals surface area contributed by atoms with Crippen LogP contribution in [0.5, 0.6) is 0 Å². The first kappa shape index (κ1) is 15.5. The highest BCUT2D eigenvalue weighted by atomic mass is 16.5. The van der Waals surface area contributed by atoms with E-state index in [4.69, 9.17) is 10.00 Å². The van der Waals surface area contributed by atoms with Gasteiger partial charge in [-0.25, -0.2) is 0 Å². The second kappa shape index (κ2) is 9.40. The van der Waals surface area contributed by atoms with Crippen molar-refractivity contribution < 1.29 is 9.53 Å². The number of nitrogens with one attached hydrogen (secondary N) is 2. The van der Waals surface area contributed by atoms with Crippen LogP contribution >= 0.6 is 0 Å². The SMILES string of the molecule is CCCCOCCCNC(=O)/C(C#N)=C\NC1CC1. The van der Waals surface area contributed by atoms with Crippen LogP contribution in [0.2, 0.25) is 0 Å². The summed E-state index contributed by atoms with van der Waals surface area (Å²) in [5.41, 5.74) is 0.138. The number of carbonyl (C=O) groups is 1. The highest BCUT2D eigenvalue weighted by molar-refractivity contribution is 5.97. The fraction of sp³-hybridized carbons (Fsp3) is 0.714. The molecule has 19 heavy (non-hydrogen) atoms. The zero-order valence-corrected chi connectivity index (χ0v) is 11.6. The van der Waals surface area contributed by atoms with Crippen molar-refractivity contribution in [2.75, 3.05) is 19.8 Å². The van der Waals surface area contributed by atoms with Crippen molar-refractivity contribution in [2.24, 2.45) is 0 Å². The average molecular weight is 265 g/mol. The van der Waals surface area contributed by atoms with Crippen LogP contribution in [-0.4, -0.2) is 31.7 Å². The lowest BCUT2D eigenvalue weighted by molar-refractivity contribution is -0.117. The lowest BCUT2D eigenvalue weighted by Gasteiger charge is -2.05. The molecule has 0 spiro atoms. The highest BCUT2D eigenvalue weighted by Crippen LogP contribution is 2.18. The molecule has 0 saturated heterocycles. The van der Waals surface area contributed by atoms with Crippen molar-refractivity contribution in [2.45, 2.75) is 45.1 Å². The number of ether oxygens (including phenoxy) is 1. The van der Waals surface area contributed by atoms with Crippen LogP contribution in [0.1, 0.15) is 39.0 Å². The van der Waals surface area contributed by atoms with Gasteiger partial charge in [-0.2, -0.15) is 5.26 Å². The molecule has 2 N–H and O–H groups in total. The molecule has 5 heteroatoms. The Hall–Kier alpha value is -1.54. The Labute approximate surface area is 115 Å². The zero-order chi connectivity index (χ0) is 13.9. The van der Waals surface area contributed by atoms with Crippen molar-refractivity contribution in [3.05, 3.63) is 11.8 Å². The van der Waals surface area contributed by atoms with Crippen LogP contribution in [0.25, 0.3) is 0 Å². The molecule has 0 atom stereocenters. The van der Waals surface area contributed by atoms with Gasteiger partial charge in [0.15, 0.2) is 0 Å². The number of hydrogen-bond acceptors (Lipinski definition) is 4. The molecule has 0 bridgehead atoms. The summed E-state index contributed by atoms with van der Waals surface area (Å²) in [5.74, 6) is -0.316. The summed E-state index contributed by atoms with van der Waals surface area (Å²) in [7, 11) is 0. The predicted octanol–water partition coefficient (Wildman–Crippen LogP) is 1.47. The molecule has 1 fully saturated rings. The van der Waals surface area contributed by atoms with E-state index in [1.165, 1.54) is 6.20 Å². The molecule has 1 amide bonds. The molecule has 106 valence electrons. The van der Waals surface area contributed by atoms with Crippen molar-refractivity contribution >= 4 is 5.91 Å². The Morgan fingerprint density at radius 1 is 1.42 bits per heavy atom. The van der Waals surface area contributed by atoms with E-state index >= 15 is 0 Å². The molecule has 1 rings (SSSR count). The van der Waals surface area contributed by atoms with Crippen molar-refractivity contribution in [1.82, 2.24) is 10.6 Å². The molecule has 0 aromatic heterocycles. The number of hydrogen-bond donors (Lipinski definition) is 2. The van der Waals surface area contributed by atoms with Crippen LogP contribution in [0.15, 0.2) is 11.8 Å². The molecule has 0 aromatic carbocycles. The standard InChI is InChI=1S/C14H23N3O2/c1-2-3-8-19-9-4-7-16-14(18)12(10-15)11-17-13-5-6-13/h11,13,17H,2-9H2,1H3,(H,16,18)/b12-11-. The van der Waals surface area contributed by atoms with E-state index in [0.29, 0.717) is 19.2 Å². The van der Waals surface area contributed by atoms with Crippen LogP contribution in [0.4, 0.5) is 0 Å². The van der Waals surface area contributed by atoms with Gasteiger partial charge in [-0.05, 0) is 25.7 Å². The molecule has 1 aliphatic carbocycles. The molecular weight excluding hydrogens is 242 g/mol. The van der Waals surface area contributed by atoms with Crippen LogP contribution in [-0.2, 0) is 9.53 Å². The van der Waals surface area contributed by atoms with Gasteiger partial charge < -0.3 is 15.4 Å². The summed E-state index contributed by atoms with van der Waals surface area (Å²) in [5, 5.41) is 14.6. The molecule has 1 aliphatic rings. The van der Waals surface area contributed by atoms with E-state index in [1.807, 2.05) is 6.07 Å². The first-order chi connectivity index (χ1) is 9.27. The Morgan fingerprint density at radius 2 is 2.16 bits per heavy atom. The summed E-state index contributed by atoms with van der Waals surface area (Å²) >= 11 is 0. The Kier molecular flexibility index (Phi) is 7.68. The lowest BCUT2D eigenvalue weighted by Crippen LogP contribution is -2.27. The molecule has 0 heterocycles. The van der Waals surface area contributed by atoms with Crippen molar-refractivity contribution in [3.8, 4) is 6.07 Å². The number of amides is 1. The molecule has 0 radical (unpaired) electrons. The van der Waals surface area contributed by atoms with E-state index in [9.17, 15) is 4.79 Å². The van der Waals surface area contributed by atoms with E-state index in [1.54, 1.807) is 0 Å². The van der Waals surface area contributed by atoms with Crippen molar-refractivity contribution in [1.29, 1.82) is 5.26 Å². The number of rotatable bonds is 10. The van der Waals surface area contributed by atoms with E-state index in [-0.39, 0.29) is 11.5 Å². The maximum Gasteiger partial charge on any atom is 0.263 e. The van der Waals surface area contributed by atoms with Gasteiger partial charge in [0.25, 0.3) is 5.91 Å². The van der Waals surface area contributed by atoms with Gasteiger partial charge in [0.1, 0.15) is 11.6 Å². The maximum absolute atomic E-state index is 11.7. The Balaban J connectivity index is 2.08. The minimum atomic E-state index is -0.316. The molecule has 0 unspecified atom stereocenters. The van der Waals surface area contributed by atoms with E-state index in [2.05, 4.69) is 17.6 Å². The van der Waals surface area contributed by atoms with E-state index < -0.39 is 0 Å². The highest BCUT2D eigenvalue weighted by Gasteiger charge is 2.20. The summed E-state index contributed by atoms with van der Waals surface area (Å²) in [6.45, 7) is 4.08. The van der Waals surface area contributed by atoms with Gasteiger partial charge in [-0.3, -0.25) is 4.79 Å². The van der Waals surface area contributed by atoms with Gasteiger partial charge in [0.05, 0.1) is 0 Å². The van der Waals surface area contributed by atoms with Crippen LogP contribution < -0.4 is 10.6 Å². The predicted molar refractivity (Wildman–Crippen MR) is 73.2 cm³/mol. The third kappa shape index (κ3) is 7.47. The normalized spacial score (nSPS) is 14.8. The largest absolute Gasteiger partial charge is 0.387 e. The molecule has 5 nitrogen and oxygen atoms in total. The minimum absolute atomic E-state index is 0.138. The molecule has 0 aliphatic heterocycles. The summed E-state index contributed by atoms with van der Waals surface area (Å²) in [4.78, 5) is 11.7. The summed E-state index contributed by atoms with van der Waals surface area (Å²) in [6.07, 6.45) is 6.72. The van der Waals surface area contributed by atoms with Crippen LogP contribution in [0, 0.1) is 11.3 Å². The topological polar surface area (TPSA) is 74.1 Å². The first-order valence-corrected chi connectivity index (χ1v) is 7.00. The molecule has 0 aromatic rings. The summed E-state index contributed by atoms with van der Waals surface area (Å²) in [6, 6.07) is 2.36. The maximum atomic E-state index is 11.7. The smallest absolute Gasteiger partial charge is 0.263 e. The quantitative estimate of drug-likeness (QED) is 0.356. The minimum Gasteiger partial charge on any atom is -0.387 e. The number of nitriles is 1. The molecule has 1 saturated carbocycles. The van der Waals surface area contributed by atoms with Crippen molar-refractivity contribution in [3.63, 3.8) is 0 Å². The second-order valence-electron chi connectivity index (χ2n) is 4.69. The third-order valence-corrected chi connectivity index (χ3v) is 2.80. The zero-order valence-electron chi connectivity index (χ0n) is 11.6. The Morgan fingerprint density at radius 3 is 2.79 bits per heavy atom. The number of unbranched alkanes of at least 4 members (excludes halogenated alkanes) is 1. The fourth-order valence-corrected chi connectivity index (χ4v) is 1.42. The first-order valence-electron chi connectivity index (χ1n) is 7.00. The number of nitrogens with zero attached hydrogens (tertiary/aromatic N) is 1. The summed E-state index contributed by atoms with van der Waals surface area (Å²) < 4.78 is 5.39. The average Bonchev–Trinajstić information content (AvgIpc) is 3.22. The lowest BCUT2D eigenvalue weighted by atomic mass is 10.3. The van der Waals surface area contributed by atoms with Gasteiger partial charge >= 0.3 is 0 Å². The Bertz CT molecular complexity index is 343. The third-order valence-electron chi connectivity index (χ3n) is 2.80. The van der Waals surface area contributed by atoms with E-state index in [0.717, 1.165) is 38.7 Å². The molecular formula is C14H23N3O2. The fourth-order valence-electron chi connectivity index (χ4n) is 1.42. The van der Waals surface area contributed by atoms with Gasteiger partial charge in [0, 0.05) is 32.0 Å². The number of carbonyl (C=O) groups excluding carboxylic acids is 1. The monoisotopic (exact) mass is 265 g/mol. The second-order valence-corrected chi connectivity index (χ2v) is 4.69. The van der Waals surface area contributed by atoms with Gasteiger partial charge in [-0.15, -0.1) is 0 Å². The van der Waals surface area contributed by atoms with Gasteiger partial charge in [-0.1, -0.05) is 13.3 Å².